The van der Waals surface area contributed by atoms with Crippen molar-refractivity contribution in [1.82, 2.24) is 0 Å². The highest BCUT2D eigenvalue weighted by molar-refractivity contribution is 9.10. The molecule has 2 rings (SSSR count). The lowest BCUT2D eigenvalue weighted by atomic mass is 10.2. The van der Waals surface area contributed by atoms with E-state index in [2.05, 4.69) is 21.2 Å². The Morgan fingerprint density at radius 2 is 1.79 bits per heavy atom. The summed E-state index contributed by atoms with van der Waals surface area (Å²) in [5, 5.41) is 2.85. The second kappa shape index (κ2) is 5.90. The molecule has 19 heavy (non-hydrogen) atoms. The third-order valence-corrected chi connectivity index (χ3v) is 3.49. The first kappa shape index (κ1) is 14.3. The summed E-state index contributed by atoms with van der Waals surface area (Å²) in [6, 6.07) is 9.03. The summed E-state index contributed by atoms with van der Waals surface area (Å²) in [5.74, 6) is -1.11. The van der Waals surface area contributed by atoms with Gasteiger partial charge in [0, 0.05) is 4.47 Å². The zero-order valence-corrected chi connectivity index (χ0v) is 12.5. The molecule has 0 bridgehead atoms. The molecular formula is C13H7BrCl2FNO. The molecule has 0 aliphatic heterocycles. The Hall–Kier alpha value is -1.10. The van der Waals surface area contributed by atoms with Gasteiger partial charge in [-0.15, -0.1) is 0 Å². The molecule has 0 radical (unpaired) electrons. The summed E-state index contributed by atoms with van der Waals surface area (Å²) >= 11 is 15.0. The maximum absolute atomic E-state index is 13.6. The Balaban J connectivity index is 2.31. The highest BCUT2D eigenvalue weighted by Crippen LogP contribution is 2.26. The number of rotatable bonds is 2. The van der Waals surface area contributed by atoms with Gasteiger partial charge < -0.3 is 5.32 Å². The van der Waals surface area contributed by atoms with Crippen LogP contribution in [0, 0.1) is 5.82 Å². The summed E-state index contributed by atoms with van der Waals surface area (Å²) in [6.07, 6.45) is 0. The molecule has 2 aromatic carbocycles. The van der Waals surface area contributed by atoms with Gasteiger partial charge in [-0.25, -0.2) is 4.39 Å². The third kappa shape index (κ3) is 3.26. The fourth-order valence-electron chi connectivity index (χ4n) is 1.49. The van der Waals surface area contributed by atoms with Crippen molar-refractivity contribution in [3.8, 4) is 0 Å². The Bertz CT molecular complexity index is 628. The van der Waals surface area contributed by atoms with Gasteiger partial charge in [0.15, 0.2) is 0 Å². The summed E-state index contributed by atoms with van der Waals surface area (Å²) in [7, 11) is 0. The third-order valence-electron chi connectivity index (χ3n) is 2.37. The van der Waals surface area contributed by atoms with Crippen LogP contribution in [0.1, 0.15) is 10.4 Å². The highest BCUT2D eigenvalue weighted by Gasteiger charge is 2.16. The van der Waals surface area contributed by atoms with Crippen LogP contribution in [0.15, 0.2) is 40.9 Å². The number of halogens is 4. The maximum atomic E-state index is 13.6. The van der Waals surface area contributed by atoms with Crippen LogP contribution in [0.2, 0.25) is 10.0 Å². The minimum Gasteiger partial charge on any atom is -0.319 e. The van der Waals surface area contributed by atoms with Crippen molar-refractivity contribution in [1.29, 1.82) is 0 Å². The van der Waals surface area contributed by atoms with E-state index in [0.29, 0.717) is 4.47 Å². The lowest BCUT2D eigenvalue weighted by molar-refractivity contribution is 0.102. The zero-order chi connectivity index (χ0) is 14.0. The standard InChI is InChI=1S/C13H7BrCl2FNO/c14-7-4-5-11(10(17)6-7)18-13(19)12-8(15)2-1-3-9(12)16/h1-6H,(H,18,19). The van der Waals surface area contributed by atoms with Crippen LogP contribution in [0.25, 0.3) is 0 Å². The molecule has 0 saturated carbocycles. The van der Waals surface area contributed by atoms with Gasteiger partial charge >= 0.3 is 0 Å². The molecule has 0 saturated heterocycles. The monoisotopic (exact) mass is 361 g/mol. The van der Waals surface area contributed by atoms with E-state index in [-0.39, 0.29) is 21.3 Å². The van der Waals surface area contributed by atoms with E-state index >= 15 is 0 Å². The van der Waals surface area contributed by atoms with Gasteiger partial charge in [0.1, 0.15) is 5.82 Å². The van der Waals surface area contributed by atoms with Crippen LogP contribution in [0.5, 0.6) is 0 Å². The lowest BCUT2D eigenvalue weighted by Crippen LogP contribution is -2.14. The molecule has 2 aromatic rings. The quantitative estimate of drug-likeness (QED) is 0.786. The zero-order valence-electron chi connectivity index (χ0n) is 9.38. The Kier molecular flexibility index (Phi) is 4.45. The van der Waals surface area contributed by atoms with E-state index in [4.69, 9.17) is 23.2 Å². The molecule has 1 amide bonds. The number of benzene rings is 2. The first-order chi connectivity index (χ1) is 8.99. The van der Waals surface area contributed by atoms with Crippen LogP contribution >= 0.6 is 39.1 Å². The molecule has 6 heteroatoms. The predicted octanol–water partition coefficient (Wildman–Crippen LogP) is 5.15. The highest BCUT2D eigenvalue weighted by atomic mass is 79.9. The molecule has 0 fully saturated rings. The average Bonchev–Trinajstić information content (AvgIpc) is 2.32. The van der Waals surface area contributed by atoms with Gasteiger partial charge in [-0.05, 0) is 30.3 Å². The molecule has 0 unspecified atom stereocenters. The van der Waals surface area contributed by atoms with E-state index in [1.807, 2.05) is 0 Å². The van der Waals surface area contributed by atoms with Crippen molar-refractivity contribution in [3.63, 3.8) is 0 Å². The summed E-state index contributed by atoms with van der Waals surface area (Å²) < 4.78 is 14.2. The molecule has 0 heterocycles. The molecule has 0 aliphatic rings. The van der Waals surface area contributed by atoms with Crippen molar-refractivity contribution >= 4 is 50.7 Å². The number of hydrogen-bond acceptors (Lipinski definition) is 1. The van der Waals surface area contributed by atoms with Crippen molar-refractivity contribution in [2.75, 3.05) is 5.32 Å². The number of anilines is 1. The summed E-state index contributed by atoms with van der Waals surface area (Å²) in [4.78, 5) is 12.0. The van der Waals surface area contributed by atoms with Crippen LogP contribution in [-0.2, 0) is 0 Å². The Morgan fingerprint density at radius 3 is 2.37 bits per heavy atom. The van der Waals surface area contributed by atoms with Gasteiger partial charge in [0.2, 0.25) is 0 Å². The van der Waals surface area contributed by atoms with E-state index in [0.717, 1.165) is 0 Å². The van der Waals surface area contributed by atoms with Gasteiger partial charge in [-0.3, -0.25) is 4.79 Å². The summed E-state index contributed by atoms with van der Waals surface area (Å²) in [6.45, 7) is 0. The smallest absolute Gasteiger partial charge is 0.258 e. The first-order valence-electron chi connectivity index (χ1n) is 5.19. The molecule has 0 aromatic heterocycles. The van der Waals surface area contributed by atoms with E-state index < -0.39 is 11.7 Å². The number of carbonyl (C=O) groups excluding carboxylic acids is 1. The van der Waals surface area contributed by atoms with Gasteiger partial charge in [-0.2, -0.15) is 0 Å². The molecule has 1 N–H and O–H groups in total. The van der Waals surface area contributed by atoms with Crippen molar-refractivity contribution in [3.05, 3.63) is 62.3 Å². The number of hydrogen-bond donors (Lipinski definition) is 1. The second-order valence-corrected chi connectivity index (χ2v) is 5.41. The van der Waals surface area contributed by atoms with E-state index in [9.17, 15) is 9.18 Å². The SMILES string of the molecule is O=C(Nc1ccc(Br)cc1F)c1c(Cl)cccc1Cl. The van der Waals surface area contributed by atoms with Crippen LogP contribution in [-0.4, -0.2) is 5.91 Å². The average molecular weight is 363 g/mol. The normalized spacial score (nSPS) is 10.3. The van der Waals surface area contributed by atoms with Gasteiger partial charge in [0.25, 0.3) is 5.91 Å². The van der Waals surface area contributed by atoms with Gasteiger partial charge in [-0.1, -0.05) is 45.2 Å². The predicted molar refractivity (Wildman–Crippen MR) is 78.5 cm³/mol. The van der Waals surface area contributed by atoms with Crippen molar-refractivity contribution in [2.45, 2.75) is 0 Å². The molecule has 0 atom stereocenters. The van der Waals surface area contributed by atoms with Crippen molar-refractivity contribution in [2.24, 2.45) is 0 Å². The van der Waals surface area contributed by atoms with E-state index in [1.54, 1.807) is 24.3 Å². The molecular weight excluding hydrogens is 356 g/mol. The minimum absolute atomic E-state index is 0.0594. The fourth-order valence-corrected chi connectivity index (χ4v) is 2.39. The second-order valence-electron chi connectivity index (χ2n) is 3.67. The number of amides is 1. The topological polar surface area (TPSA) is 29.1 Å². The van der Waals surface area contributed by atoms with E-state index in [1.165, 1.54) is 12.1 Å². The Labute approximate surface area is 127 Å². The Morgan fingerprint density at radius 1 is 1.16 bits per heavy atom. The molecule has 2 nitrogen and oxygen atoms in total. The molecule has 98 valence electrons. The molecule has 0 spiro atoms. The van der Waals surface area contributed by atoms with Crippen LogP contribution < -0.4 is 5.32 Å². The first-order valence-corrected chi connectivity index (χ1v) is 6.74. The minimum atomic E-state index is -0.558. The molecule has 0 aliphatic carbocycles. The number of carbonyl (C=O) groups is 1. The largest absolute Gasteiger partial charge is 0.319 e. The summed E-state index contributed by atoms with van der Waals surface area (Å²) in [5.41, 5.74) is 0.178. The van der Waals surface area contributed by atoms with Gasteiger partial charge in [0.05, 0.1) is 21.3 Å². The van der Waals surface area contributed by atoms with Crippen LogP contribution in [0.3, 0.4) is 0 Å². The number of nitrogens with one attached hydrogen (secondary N) is 1. The fraction of sp³-hybridized carbons (Fsp3) is 0. The van der Waals surface area contributed by atoms with Crippen LogP contribution in [0.4, 0.5) is 10.1 Å². The lowest BCUT2D eigenvalue weighted by Gasteiger charge is -2.09. The van der Waals surface area contributed by atoms with Crippen molar-refractivity contribution < 1.29 is 9.18 Å². The maximum Gasteiger partial charge on any atom is 0.258 e.